The molecule has 0 aliphatic rings. The first kappa shape index (κ1) is 14.5. The van der Waals surface area contributed by atoms with Gasteiger partial charge in [-0.1, -0.05) is 38.1 Å². The van der Waals surface area contributed by atoms with E-state index in [2.05, 4.69) is 36.4 Å². The van der Waals surface area contributed by atoms with Crippen molar-refractivity contribution < 1.29 is 4.79 Å². The zero-order chi connectivity index (χ0) is 15.7. The van der Waals surface area contributed by atoms with Gasteiger partial charge in [0.15, 0.2) is 0 Å². The fraction of sp³-hybridized carbons (Fsp3) is 0.263. The molecular weight excluding hydrogens is 272 g/mol. The molecule has 0 aliphatic carbocycles. The minimum absolute atomic E-state index is 0.00713. The molecule has 0 saturated carbocycles. The van der Waals surface area contributed by atoms with Crippen molar-refractivity contribution in [2.45, 2.75) is 33.2 Å². The standard InChI is InChI=1S/C19H20N2O/c1-4-21-16-11-6-5-9-14(16)17(18(21)13(2)3)19(22)15-10-7-8-12-20-15/h5-13H,4H2,1-3H3. The Morgan fingerprint density at radius 2 is 1.86 bits per heavy atom. The van der Waals surface area contributed by atoms with Crippen molar-refractivity contribution in [1.82, 2.24) is 9.55 Å². The summed E-state index contributed by atoms with van der Waals surface area (Å²) in [5, 5.41) is 1.02. The Bertz CT molecular complexity index is 816. The van der Waals surface area contributed by atoms with E-state index in [1.54, 1.807) is 12.3 Å². The van der Waals surface area contributed by atoms with Gasteiger partial charge < -0.3 is 4.57 Å². The summed E-state index contributed by atoms with van der Waals surface area (Å²) in [5.74, 6) is 0.280. The lowest BCUT2D eigenvalue weighted by atomic mass is 9.98. The molecule has 0 N–H and O–H groups in total. The molecule has 1 aromatic carbocycles. The number of pyridine rings is 1. The van der Waals surface area contributed by atoms with Crippen LogP contribution in [0.1, 0.15) is 48.4 Å². The number of ketones is 1. The number of carbonyl (C=O) groups excluding carboxylic acids is 1. The molecule has 0 amide bonds. The zero-order valence-corrected chi connectivity index (χ0v) is 13.2. The third-order valence-corrected chi connectivity index (χ3v) is 4.00. The van der Waals surface area contributed by atoms with Crippen LogP contribution in [0.25, 0.3) is 10.9 Å². The zero-order valence-electron chi connectivity index (χ0n) is 13.2. The molecule has 3 aromatic rings. The van der Waals surface area contributed by atoms with Crippen LogP contribution in [0.2, 0.25) is 0 Å². The van der Waals surface area contributed by atoms with Gasteiger partial charge in [-0.05, 0) is 31.0 Å². The topological polar surface area (TPSA) is 34.9 Å². The Hall–Kier alpha value is -2.42. The largest absolute Gasteiger partial charge is 0.344 e. The highest BCUT2D eigenvalue weighted by atomic mass is 16.1. The van der Waals surface area contributed by atoms with Crippen molar-refractivity contribution in [3.63, 3.8) is 0 Å². The number of aromatic nitrogens is 2. The van der Waals surface area contributed by atoms with E-state index in [-0.39, 0.29) is 11.7 Å². The van der Waals surface area contributed by atoms with Crippen LogP contribution in [0, 0.1) is 0 Å². The first-order valence-corrected chi connectivity index (χ1v) is 7.72. The molecule has 0 unspecified atom stereocenters. The Labute approximate surface area is 130 Å². The Kier molecular flexibility index (Phi) is 3.80. The highest BCUT2D eigenvalue weighted by Crippen LogP contribution is 2.32. The van der Waals surface area contributed by atoms with E-state index in [4.69, 9.17) is 0 Å². The van der Waals surface area contributed by atoms with E-state index in [9.17, 15) is 4.79 Å². The summed E-state index contributed by atoms with van der Waals surface area (Å²) in [6, 6.07) is 13.6. The lowest BCUT2D eigenvalue weighted by molar-refractivity contribution is 0.103. The fourth-order valence-corrected chi connectivity index (χ4v) is 3.13. The van der Waals surface area contributed by atoms with Crippen LogP contribution in [-0.2, 0) is 6.54 Å². The minimum atomic E-state index is 0.00713. The molecule has 3 heteroatoms. The van der Waals surface area contributed by atoms with Gasteiger partial charge in [-0.15, -0.1) is 0 Å². The third kappa shape index (κ3) is 2.23. The molecule has 0 spiro atoms. The van der Waals surface area contributed by atoms with E-state index in [0.717, 1.165) is 28.7 Å². The summed E-state index contributed by atoms with van der Waals surface area (Å²) in [6.07, 6.45) is 1.67. The molecule has 0 atom stereocenters. The van der Waals surface area contributed by atoms with Crippen LogP contribution >= 0.6 is 0 Å². The van der Waals surface area contributed by atoms with Crippen LogP contribution in [0.3, 0.4) is 0 Å². The molecule has 3 rings (SSSR count). The Morgan fingerprint density at radius 1 is 1.14 bits per heavy atom. The predicted molar refractivity (Wildman–Crippen MR) is 89.4 cm³/mol. The van der Waals surface area contributed by atoms with Gasteiger partial charge in [-0.25, -0.2) is 0 Å². The number of para-hydroxylation sites is 1. The van der Waals surface area contributed by atoms with E-state index in [1.807, 2.05) is 30.3 Å². The molecule has 0 bridgehead atoms. The molecule has 2 heterocycles. The van der Waals surface area contributed by atoms with Crippen molar-refractivity contribution in [3.8, 4) is 0 Å². The lowest BCUT2D eigenvalue weighted by Crippen LogP contribution is -2.10. The predicted octanol–water partition coefficient (Wildman–Crippen LogP) is 4.41. The maximum atomic E-state index is 13.0. The number of fused-ring (bicyclic) bond motifs is 1. The molecule has 0 radical (unpaired) electrons. The number of hydrogen-bond acceptors (Lipinski definition) is 2. The van der Waals surface area contributed by atoms with Gasteiger partial charge in [-0.2, -0.15) is 0 Å². The third-order valence-electron chi connectivity index (χ3n) is 4.00. The van der Waals surface area contributed by atoms with E-state index >= 15 is 0 Å². The smallest absolute Gasteiger partial charge is 0.213 e. The first-order chi connectivity index (χ1) is 10.6. The maximum Gasteiger partial charge on any atom is 0.213 e. The quantitative estimate of drug-likeness (QED) is 0.668. The van der Waals surface area contributed by atoms with Gasteiger partial charge in [0.25, 0.3) is 0 Å². The molecule has 22 heavy (non-hydrogen) atoms. The summed E-state index contributed by atoms with van der Waals surface area (Å²) in [5.41, 5.74) is 3.52. The summed E-state index contributed by atoms with van der Waals surface area (Å²) in [7, 11) is 0. The van der Waals surface area contributed by atoms with Gasteiger partial charge in [0.2, 0.25) is 5.78 Å². The lowest BCUT2D eigenvalue weighted by Gasteiger charge is -2.13. The van der Waals surface area contributed by atoms with Crippen molar-refractivity contribution in [2.24, 2.45) is 0 Å². The SMILES string of the molecule is CCn1c(C(C)C)c(C(=O)c2ccccn2)c2ccccc21. The second kappa shape index (κ2) is 5.76. The first-order valence-electron chi connectivity index (χ1n) is 7.72. The highest BCUT2D eigenvalue weighted by molar-refractivity contribution is 6.16. The van der Waals surface area contributed by atoms with Gasteiger partial charge in [0, 0.05) is 29.3 Å². The van der Waals surface area contributed by atoms with Gasteiger partial charge in [-0.3, -0.25) is 9.78 Å². The Morgan fingerprint density at radius 3 is 2.50 bits per heavy atom. The van der Waals surface area contributed by atoms with E-state index < -0.39 is 0 Å². The summed E-state index contributed by atoms with van der Waals surface area (Å²) in [6.45, 7) is 7.24. The molecule has 0 saturated heterocycles. The van der Waals surface area contributed by atoms with Crippen LogP contribution in [0.5, 0.6) is 0 Å². The molecule has 3 nitrogen and oxygen atoms in total. The summed E-state index contributed by atoms with van der Waals surface area (Å²) in [4.78, 5) is 17.3. The molecule has 112 valence electrons. The van der Waals surface area contributed by atoms with Gasteiger partial charge in [0.05, 0.1) is 5.56 Å². The van der Waals surface area contributed by atoms with Crippen molar-refractivity contribution >= 4 is 16.7 Å². The summed E-state index contributed by atoms with van der Waals surface area (Å²) < 4.78 is 2.25. The van der Waals surface area contributed by atoms with Crippen LogP contribution < -0.4 is 0 Å². The second-order valence-corrected chi connectivity index (χ2v) is 5.72. The van der Waals surface area contributed by atoms with Gasteiger partial charge in [0.1, 0.15) is 5.69 Å². The molecular formula is C19H20N2O. The monoisotopic (exact) mass is 292 g/mol. The van der Waals surface area contributed by atoms with E-state index in [0.29, 0.717) is 5.69 Å². The fourth-order valence-electron chi connectivity index (χ4n) is 3.13. The van der Waals surface area contributed by atoms with Crippen molar-refractivity contribution in [2.75, 3.05) is 0 Å². The number of hydrogen-bond donors (Lipinski definition) is 0. The van der Waals surface area contributed by atoms with E-state index in [1.165, 1.54) is 0 Å². The minimum Gasteiger partial charge on any atom is -0.344 e. The highest BCUT2D eigenvalue weighted by Gasteiger charge is 2.24. The number of rotatable bonds is 4. The number of aryl methyl sites for hydroxylation is 1. The number of benzene rings is 1. The molecule has 2 aromatic heterocycles. The van der Waals surface area contributed by atoms with Gasteiger partial charge >= 0.3 is 0 Å². The normalized spacial score (nSPS) is 11.3. The number of carbonyl (C=O) groups is 1. The van der Waals surface area contributed by atoms with Crippen molar-refractivity contribution in [1.29, 1.82) is 0 Å². The van der Waals surface area contributed by atoms with Crippen molar-refractivity contribution in [3.05, 3.63) is 65.6 Å². The van der Waals surface area contributed by atoms with Crippen LogP contribution in [0.15, 0.2) is 48.7 Å². The summed E-state index contributed by atoms with van der Waals surface area (Å²) >= 11 is 0. The molecule has 0 aliphatic heterocycles. The van der Waals surface area contributed by atoms with Crippen LogP contribution in [0.4, 0.5) is 0 Å². The second-order valence-electron chi connectivity index (χ2n) is 5.72. The average molecular weight is 292 g/mol. The number of nitrogens with zero attached hydrogens (tertiary/aromatic N) is 2. The van der Waals surface area contributed by atoms with Crippen LogP contribution in [-0.4, -0.2) is 15.3 Å². The Balaban J connectivity index is 2.33. The molecule has 0 fully saturated rings. The average Bonchev–Trinajstić information content (AvgIpc) is 2.89. The maximum absolute atomic E-state index is 13.0.